The number of carbonyl (C=O) groups excluding carboxylic acids is 1. The molecule has 0 spiro atoms. The van der Waals surface area contributed by atoms with E-state index in [9.17, 15) is 21.6 Å². The van der Waals surface area contributed by atoms with Crippen molar-refractivity contribution in [2.24, 2.45) is 0 Å². The molecule has 1 aliphatic heterocycles. The standard InChI is InChI=1S/C15H22N2O6S2/c1-3-23-15(18)16-12-7-6-10-17(11-12)25(21,22)14-9-5-4-8-13(14)24(2,19)20/h4-5,8-9,12H,3,6-7,10-11H2,1-2H3,(H,16,18). The summed E-state index contributed by atoms with van der Waals surface area (Å²) in [4.78, 5) is 11.1. The van der Waals surface area contributed by atoms with Crippen LogP contribution in [0.15, 0.2) is 34.1 Å². The van der Waals surface area contributed by atoms with Crippen molar-refractivity contribution in [1.82, 2.24) is 9.62 Å². The Morgan fingerprint density at radius 1 is 1.24 bits per heavy atom. The zero-order valence-corrected chi connectivity index (χ0v) is 15.8. The molecule has 0 bridgehead atoms. The number of ether oxygens (including phenoxy) is 1. The number of nitrogens with zero attached hydrogens (tertiary/aromatic N) is 1. The van der Waals surface area contributed by atoms with E-state index in [0.29, 0.717) is 12.8 Å². The Kier molecular flexibility index (Phi) is 6.07. The summed E-state index contributed by atoms with van der Waals surface area (Å²) >= 11 is 0. The summed E-state index contributed by atoms with van der Waals surface area (Å²) in [6.45, 7) is 2.24. The van der Waals surface area contributed by atoms with E-state index in [1.54, 1.807) is 6.92 Å². The van der Waals surface area contributed by atoms with E-state index < -0.39 is 26.0 Å². The van der Waals surface area contributed by atoms with Gasteiger partial charge in [-0.1, -0.05) is 12.1 Å². The van der Waals surface area contributed by atoms with Gasteiger partial charge in [-0.15, -0.1) is 0 Å². The first kappa shape index (κ1) is 19.7. The maximum atomic E-state index is 12.9. The van der Waals surface area contributed by atoms with E-state index in [2.05, 4.69) is 5.32 Å². The first-order valence-electron chi connectivity index (χ1n) is 7.88. The Bertz CT molecular complexity index is 835. The maximum Gasteiger partial charge on any atom is 0.407 e. The third-order valence-corrected chi connectivity index (χ3v) is 7.06. The molecule has 2 rings (SSSR count). The molecule has 1 amide bonds. The molecule has 0 aromatic heterocycles. The second-order valence-electron chi connectivity index (χ2n) is 5.79. The predicted octanol–water partition coefficient (Wildman–Crippen LogP) is 0.989. The van der Waals surface area contributed by atoms with E-state index in [0.717, 1.165) is 6.26 Å². The number of carbonyl (C=O) groups is 1. The fraction of sp³-hybridized carbons (Fsp3) is 0.533. The van der Waals surface area contributed by atoms with Gasteiger partial charge in [-0.3, -0.25) is 0 Å². The van der Waals surface area contributed by atoms with Gasteiger partial charge in [0.2, 0.25) is 10.0 Å². The number of sulfonamides is 1. The van der Waals surface area contributed by atoms with Crippen molar-refractivity contribution in [3.8, 4) is 0 Å². The molecule has 8 nitrogen and oxygen atoms in total. The van der Waals surface area contributed by atoms with E-state index >= 15 is 0 Å². The normalized spacial score (nSPS) is 19.4. The third-order valence-electron chi connectivity index (χ3n) is 3.85. The Morgan fingerprint density at radius 2 is 1.88 bits per heavy atom. The zero-order chi connectivity index (χ0) is 18.7. The van der Waals surface area contributed by atoms with Crippen LogP contribution >= 0.6 is 0 Å². The first-order valence-corrected chi connectivity index (χ1v) is 11.2. The zero-order valence-electron chi connectivity index (χ0n) is 14.1. The van der Waals surface area contributed by atoms with Gasteiger partial charge in [0.25, 0.3) is 0 Å². The van der Waals surface area contributed by atoms with Crippen LogP contribution in [0, 0.1) is 0 Å². The largest absolute Gasteiger partial charge is 0.450 e. The van der Waals surface area contributed by atoms with Crippen LogP contribution in [0.1, 0.15) is 19.8 Å². The van der Waals surface area contributed by atoms with Crippen molar-refractivity contribution in [1.29, 1.82) is 0 Å². The molecule has 1 aromatic carbocycles. The number of rotatable bonds is 5. The molecule has 1 fully saturated rings. The molecule has 140 valence electrons. The van der Waals surface area contributed by atoms with Crippen LogP contribution in [-0.2, 0) is 24.6 Å². The molecule has 1 atom stereocenters. The van der Waals surface area contributed by atoms with E-state index in [1.807, 2.05) is 0 Å². The highest BCUT2D eigenvalue weighted by atomic mass is 32.2. The van der Waals surface area contributed by atoms with Crippen molar-refractivity contribution in [3.63, 3.8) is 0 Å². The van der Waals surface area contributed by atoms with Gasteiger partial charge in [-0.2, -0.15) is 4.31 Å². The number of amides is 1. The fourth-order valence-corrected chi connectivity index (χ4v) is 5.85. The van der Waals surface area contributed by atoms with Gasteiger partial charge in [0.15, 0.2) is 9.84 Å². The molecule has 1 heterocycles. The van der Waals surface area contributed by atoms with Crippen LogP contribution in [0.3, 0.4) is 0 Å². The molecule has 0 aliphatic carbocycles. The number of hydrogen-bond acceptors (Lipinski definition) is 6. The Balaban J connectivity index is 2.27. The third kappa shape index (κ3) is 4.71. The van der Waals surface area contributed by atoms with Crippen LogP contribution in [0.2, 0.25) is 0 Å². The SMILES string of the molecule is CCOC(=O)NC1CCCN(S(=O)(=O)c2ccccc2S(C)(=O)=O)C1. The van der Waals surface area contributed by atoms with Crippen LogP contribution in [0.4, 0.5) is 4.79 Å². The average Bonchev–Trinajstić information content (AvgIpc) is 2.54. The van der Waals surface area contributed by atoms with Gasteiger partial charge >= 0.3 is 6.09 Å². The quantitative estimate of drug-likeness (QED) is 0.803. The molecule has 1 unspecified atom stereocenters. The second-order valence-corrected chi connectivity index (χ2v) is 9.68. The fourth-order valence-electron chi connectivity index (χ4n) is 2.73. The summed E-state index contributed by atoms with van der Waals surface area (Å²) in [6.07, 6.45) is 1.56. The number of piperidine rings is 1. The van der Waals surface area contributed by atoms with Crippen molar-refractivity contribution in [2.75, 3.05) is 26.0 Å². The summed E-state index contributed by atoms with van der Waals surface area (Å²) in [6, 6.07) is 5.15. The van der Waals surface area contributed by atoms with Gasteiger partial charge < -0.3 is 10.1 Å². The van der Waals surface area contributed by atoms with Crippen LogP contribution in [-0.4, -0.2) is 59.2 Å². The highest BCUT2D eigenvalue weighted by Gasteiger charge is 2.33. The Hall–Kier alpha value is -1.65. The molecular weight excluding hydrogens is 368 g/mol. The van der Waals surface area contributed by atoms with Gasteiger partial charge in [0, 0.05) is 25.4 Å². The minimum Gasteiger partial charge on any atom is -0.450 e. The monoisotopic (exact) mass is 390 g/mol. The summed E-state index contributed by atoms with van der Waals surface area (Å²) in [5.41, 5.74) is 0. The summed E-state index contributed by atoms with van der Waals surface area (Å²) in [5.74, 6) is 0. The van der Waals surface area contributed by atoms with Crippen LogP contribution < -0.4 is 5.32 Å². The lowest BCUT2D eigenvalue weighted by molar-refractivity contribution is 0.142. The Labute approximate surface area is 148 Å². The highest BCUT2D eigenvalue weighted by Crippen LogP contribution is 2.26. The van der Waals surface area contributed by atoms with Crippen LogP contribution in [0.5, 0.6) is 0 Å². The van der Waals surface area contributed by atoms with Gasteiger partial charge in [0.05, 0.1) is 11.5 Å². The molecule has 1 N–H and O–H groups in total. The van der Waals surface area contributed by atoms with Gasteiger partial charge in [-0.05, 0) is 31.9 Å². The van der Waals surface area contributed by atoms with Gasteiger partial charge in [-0.25, -0.2) is 21.6 Å². The molecule has 1 saturated heterocycles. The number of benzene rings is 1. The smallest absolute Gasteiger partial charge is 0.407 e. The van der Waals surface area contributed by atoms with E-state index in [-0.39, 0.29) is 35.5 Å². The number of sulfone groups is 1. The molecule has 0 saturated carbocycles. The first-order chi connectivity index (χ1) is 11.7. The number of alkyl carbamates (subject to hydrolysis) is 1. The highest BCUT2D eigenvalue weighted by molar-refractivity contribution is 7.93. The lowest BCUT2D eigenvalue weighted by Crippen LogP contribution is -2.49. The molecular formula is C15H22N2O6S2. The average molecular weight is 390 g/mol. The summed E-state index contributed by atoms with van der Waals surface area (Å²) < 4.78 is 55.7. The van der Waals surface area contributed by atoms with Crippen molar-refractivity contribution >= 4 is 26.0 Å². The Morgan fingerprint density at radius 3 is 2.48 bits per heavy atom. The lowest BCUT2D eigenvalue weighted by Gasteiger charge is -2.32. The molecule has 0 radical (unpaired) electrons. The molecule has 25 heavy (non-hydrogen) atoms. The lowest BCUT2D eigenvalue weighted by atomic mass is 10.1. The molecule has 1 aliphatic rings. The van der Waals surface area contributed by atoms with Crippen molar-refractivity contribution < 1.29 is 26.4 Å². The minimum absolute atomic E-state index is 0.0687. The minimum atomic E-state index is -3.99. The summed E-state index contributed by atoms with van der Waals surface area (Å²) in [7, 11) is -7.69. The topological polar surface area (TPSA) is 110 Å². The van der Waals surface area contributed by atoms with Gasteiger partial charge in [0.1, 0.15) is 4.90 Å². The van der Waals surface area contributed by atoms with Crippen molar-refractivity contribution in [3.05, 3.63) is 24.3 Å². The number of nitrogens with one attached hydrogen (secondary N) is 1. The number of hydrogen-bond donors (Lipinski definition) is 1. The van der Waals surface area contributed by atoms with E-state index in [1.165, 1.54) is 28.6 Å². The molecule has 10 heteroatoms. The molecule has 1 aromatic rings. The van der Waals surface area contributed by atoms with Crippen LogP contribution in [0.25, 0.3) is 0 Å². The maximum absolute atomic E-state index is 12.9. The predicted molar refractivity (Wildman–Crippen MR) is 91.5 cm³/mol. The van der Waals surface area contributed by atoms with Crippen molar-refractivity contribution in [2.45, 2.75) is 35.6 Å². The second kappa shape index (κ2) is 7.71. The van der Waals surface area contributed by atoms with E-state index in [4.69, 9.17) is 4.74 Å². The summed E-state index contributed by atoms with van der Waals surface area (Å²) in [5, 5.41) is 2.63.